The lowest BCUT2D eigenvalue weighted by molar-refractivity contribution is 0.121. The molecule has 0 unspecified atom stereocenters. The molecule has 1 aromatic carbocycles. The molecule has 4 nitrogen and oxygen atoms in total. The van der Waals surface area contributed by atoms with Crippen molar-refractivity contribution in [2.75, 3.05) is 33.3 Å². The van der Waals surface area contributed by atoms with E-state index in [9.17, 15) is 8.78 Å². The van der Waals surface area contributed by atoms with Gasteiger partial charge in [-0.05, 0) is 29.8 Å². The fourth-order valence-corrected chi connectivity index (χ4v) is 2.93. The van der Waals surface area contributed by atoms with Gasteiger partial charge < -0.3 is 4.74 Å². The number of piperazine rings is 1. The summed E-state index contributed by atoms with van der Waals surface area (Å²) in [4.78, 5) is 8.60. The number of halogens is 2. The molecule has 6 heteroatoms. The lowest BCUT2D eigenvalue weighted by Gasteiger charge is -2.34. The Morgan fingerprint density at radius 1 is 1.00 bits per heavy atom. The van der Waals surface area contributed by atoms with Gasteiger partial charge in [-0.3, -0.25) is 9.80 Å². The molecule has 3 rings (SSSR count). The molecule has 0 saturated carbocycles. The Morgan fingerprint density at radius 2 is 1.71 bits per heavy atom. The number of hydrogen-bond donors (Lipinski definition) is 0. The van der Waals surface area contributed by atoms with Crippen molar-refractivity contribution in [2.45, 2.75) is 13.1 Å². The van der Waals surface area contributed by atoms with Gasteiger partial charge in [0.05, 0.1) is 7.11 Å². The van der Waals surface area contributed by atoms with Crippen molar-refractivity contribution < 1.29 is 13.5 Å². The first kappa shape index (κ1) is 16.8. The van der Waals surface area contributed by atoms with Crippen LogP contribution < -0.4 is 4.74 Å². The third kappa shape index (κ3) is 4.27. The molecule has 1 aromatic heterocycles. The van der Waals surface area contributed by atoms with E-state index in [4.69, 9.17) is 4.74 Å². The van der Waals surface area contributed by atoms with Crippen molar-refractivity contribution in [1.82, 2.24) is 14.8 Å². The maximum atomic E-state index is 13.7. The van der Waals surface area contributed by atoms with E-state index >= 15 is 0 Å². The van der Waals surface area contributed by atoms with E-state index in [0.29, 0.717) is 18.0 Å². The van der Waals surface area contributed by atoms with E-state index in [-0.39, 0.29) is 5.82 Å². The molecule has 2 heterocycles. The van der Waals surface area contributed by atoms with Crippen molar-refractivity contribution in [3.05, 3.63) is 59.3 Å². The Labute approximate surface area is 140 Å². The zero-order chi connectivity index (χ0) is 16.9. The monoisotopic (exact) mass is 333 g/mol. The van der Waals surface area contributed by atoms with Gasteiger partial charge in [0.25, 0.3) is 0 Å². The van der Waals surface area contributed by atoms with Gasteiger partial charge in [-0.1, -0.05) is 0 Å². The third-order valence-electron chi connectivity index (χ3n) is 4.28. The summed E-state index contributed by atoms with van der Waals surface area (Å²) in [5.41, 5.74) is 1.58. The molecule has 0 atom stereocenters. The van der Waals surface area contributed by atoms with Gasteiger partial charge in [0.15, 0.2) is 0 Å². The van der Waals surface area contributed by atoms with E-state index in [0.717, 1.165) is 44.4 Å². The number of hydrogen-bond acceptors (Lipinski definition) is 4. The molecule has 0 radical (unpaired) electrons. The molecule has 0 amide bonds. The fourth-order valence-electron chi connectivity index (χ4n) is 2.93. The van der Waals surface area contributed by atoms with Crippen LogP contribution in [0.3, 0.4) is 0 Å². The highest BCUT2D eigenvalue weighted by molar-refractivity contribution is 5.20. The zero-order valence-electron chi connectivity index (χ0n) is 13.7. The predicted molar refractivity (Wildman–Crippen MR) is 87.7 cm³/mol. The smallest absolute Gasteiger partial charge is 0.213 e. The van der Waals surface area contributed by atoms with Crippen LogP contribution in [0.1, 0.15) is 11.1 Å². The Morgan fingerprint density at radius 3 is 2.42 bits per heavy atom. The highest BCUT2D eigenvalue weighted by Crippen LogP contribution is 2.16. The average Bonchev–Trinajstić information content (AvgIpc) is 2.60. The summed E-state index contributed by atoms with van der Waals surface area (Å²) in [6.07, 6.45) is 1.75. The van der Waals surface area contributed by atoms with Crippen LogP contribution in [-0.2, 0) is 13.1 Å². The SMILES string of the molecule is COc1cc(CN2CCN(Cc3cc(F)ccc3F)CC2)ccn1. The summed E-state index contributed by atoms with van der Waals surface area (Å²) in [6.45, 7) is 4.72. The third-order valence-corrected chi connectivity index (χ3v) is 4.28. The molecule has 0 spiro atoms. The second-order valence-electron chi connectivity index (χ2n) is 5.99. The van der Waals surface area contributed by atoms with Gasteiger partial charge in [0.2, 0.25) is 5.88 Å². The van der Waals surface area contributed by atoms with E-state index < -0.39 is 5.82 Å². The van der Waals surface area contributed by atoms with E-state index in [2.05, 4.69) is 14.8 Å². The highest BCUT2D eigenvalue weighted by atomic mass is 19.1. The van der Waals surface area contributed by atoms with Gasteiger partial charge >= 0.3 is 0 Å². The lowest BCUT2D eigenvalue weighted by Crippen LogP contribution is -2.45. The first-order chi connectivity index (χ1) is 11.6. The van der Waals surface area contributed by atoms with Crippen molar-refractivity contribution in [3.63, 3.8) is 0 Å². The quantitative estimate of drug-likeness (QED) is 0.841. The summed E-state index contributed by atoms with van der Waals surface area (Å²) in [6, 6.07) is 7.55. The number of aromatic nitrogens is 1. The van der Waals surface area contributed by atoms with Crippen LogP contribution in [-0.4, -0.2) is 48.1 Å². The van der Waals surface area contributed by atoms with Gasteiger partial charge in [-0.25, -0.2) is 13.8 Å². The Kier molecular flexibility index (Phi) is 5.37. The van der Waals surface area contributed by atoms with Crippen LogP contribution in [0.25, 0.3) is 0 Å². The predicted octanol–water partition coefficient (Wildman–Crippen LogP) is 2.69. The van der Waals surface area contributed by atoms with E-state index in [1.807, 2.05) is 12.1 Å². The average molecular weight is 333 g/mol. The zero-order valence-corrected chi connectivity index (χ0v) is 13.7. The summed E-state index contributed by atoms with van der Waals surface area (Å²) in [5, 5.41) is 0. The van der Waals surface area contributed by atoms with Gasteiger partial charge in [-0.2, -0.15) is 0 Å². The van der Waals surface area contributed by atoms with Crippen molar-refractivity contribution >= 4 is 0 Å². The number of ether oxygens (including phenoxy) is 1. The molecule has 1 fully saturated rings. The summed E-state index contributed by atoms with van der Waals surface area (Å²) in [7, 11) is 1.61. The molecule has 1 saturated heterocycles. The number of rotatable bonds is 5. The van der Waals surface area contributed by atoms with Crippen LogP contribution in [0.15, 0.2) is 36.5 Å². The maximum absolute atomic E-state index is 13.7. The number of methoxy groups -OCH3 is 1. The van der Waals surface area contributed by atoms with Gasteiger partial charge in [-0.15, -0.1) is 0 Å². The topological polar surface area (TPSA) is 28.6 Å². The summed E-state index contributed by atoms with van der Waals surface area (Å²) >= 11 is 0. The van der Waals surface area contributed by atoms with Crippen molar-refractivity contribution in [2.24, 2.45) is 0 Å². The molecule has 2 aromatic rings. The molecule has 0 N–H and O–H groups in total. The number of pyridine rings is 1. The Bertz CT molecular complexity index is 688. The van der Waals surface area contributed by atoms with Gasteiger partial charge in [0, 0.05) is 57.1 Å². The van der Waals surface area contributed by atoms with E-state index in [1.165, 1.54) is 12.1 Å². The lowest BCUT2D eigenvalue weighted by atomic mass is 10.1. The van der Waals surface area contributed by atoms with Gasteiger partial charge in [0.1, 0.15) is 11.6 Å². The van der Waals surface area contributed by atoms with Crippen LogP contribution in [0.4, 0.5) is 8.78 Å². The first-order valence-corrected chi connectivity index (χ1v) is 8.01. The standard InChI is InChI=1S/C18H21F2N3O/c1-24-18-10-14(4-5-21-18)12-22-6-8-23(9-7-22)13-15-11-16(19)2-3-17(15)20/h2-5,10-11H,6-9,12-13H2,1H3. The van der Waals surface area contributed by atoms with Crippen molar-refractivity contribution in [1.29, 1.82) is 0 Å². The molecule has 0 bridgehead atoms. The molecule has 0 aliphatic carbocycles. The normalized spacial score (nSPS) is 16.3. The Hall–Kier alpha value is -2.05. The first-order valence-electron chi connectivity index (χ1n) is 8.01. The van der Waals surface area contributed by atoms with Crippen LogP contribution >= 0.6 is 0 Å². The summed E-state index contributed by atoms with van der Waals surface area (Å²) < 4.78 is 32.1. The molecule has 1 aliphatic heterocycles. The minimum atomic E-state index is -0.392. The molecular formula is C18H21F2N3O. The fraction of sp³-hybridized carbons (Fsp3) is 0.389. The van der Waals surface area contributed by atoms with Crippen molar-refractivity contribution in [3.8, 4) is 5.88 Å². The van der Waals surface area contributed by atoms with Crippen LogP contribution in [0.5, 0.6) is 5.88 Å². The molecule has 24 heavy (non-hydrogen) atoms. The second-order valence-corrected chi connectivity index (χ2v) is 5.99. The molecule has 1 aliphatic rings. The summed E-state index contributed by atoms with van der Waals surface area (Å²) in [5.74, 6) is -0.118. The number of benzene rings is 1. The van der Waals surface area contributed by atoms with Crippen LogP contribution in [0.2, 0.25) is 0 Å². The molecule has 128 valence electrons. The number of nitrogens with zero attached hydrogens (tertiary/aromatic N) is 3. The van der Waals surface area contributed by atoms with E-state index in [1.54, 1.807) is 13.3 Å². The van der Waals surface area contributed by atoms with Crippen LogP contribution in [0, 0.1) is 11.6 Å². The minimum Gasteiger partial charge on any atom is -0.481 e. The highest BCUT2D eigenvalue weighted by Gasteiger charge is 2.18. The second kappa shape index (κ2) is 7.68. The largest absolute Gasteiger partial charge is 0.481 e. The Balaban J connectivity index is 1.53. The maximum Gasteiger partial charge on any atom is 0.213 e. The minimum absolute atomic E-state index is 0.345. The molecular weight excluding hydrogens is 312 g/mol.